The van der Waals surface area contributed by atoms with Crippen LogP contribution in [0.1, 0.15) is 18.1 Å². The predicted molar refractivity (Wildman–Crippen MR) is 75.0 cm³/mol. The van der Waals surface area contributed by atoms with Crippen LogP contribution in [-0.2, 0) is 0 Å². The van der Waals surface area contributed by atoms with Crippen molar-refractivity contribution in [2.75, 3.05) is 0 Å². The summed E-state index contributed by atoms with van der Waals surface area (Å²) in [5.41, 5.74) is 1.93. The van der Waals surface area contributed by atoms with Crippen LogP contribution in [0, 0.1) is 5.92 Å². The maximum absolute atomic E-state index is 6.17. The minimum Gasteiger partial charge on any atom is -0.0843 e. The van der Waals surface area contributed by atoms with E-state index in [9.17, 15) is 0 Å². The molecule has 0 spiro atoms. The molecule has 0 saturated carbocycles. The van der Waals surface area contributed by atoms with Crippen molar-refractivity contribution in [1.29, 1.82) is 0 Å². The molecule has 0 aliphatic heterocycles. The summed E-state index contributed by atoms with van der Waals surface area (Å²) in [5, 5.41) is 2.03. The minimum absolute atomic E-state index is 0.657. The number of rotatable bonds is 2. The van der Waals surface area contributed by atoms with Gasteiger partial charge >= 0.3 is 0 Å². The monoisotopic (exact) mass is 283 g/mol. The predicted octanol–water partition coefficient (Wildman–Crippen LogP) is 5.64. The molecule has 0 aliphatic rings. The fourth-order valence-corrected chi connectivity index (χ4v) is 2.51. The SMILES string of the molecule is C[C](c1ccc(Cl)cc1)c1c(Cl)cccc1Cl. The molecule has 1 radical (unpaired) electrons. The summed E-state index contributed by atoms with van der Waals surface area (Å²) in [6.45, 7) is 2.00. The molecule has 2 aromatic rings. The highest BCUT2D eigenvalue weighted by Crippen LogP contribution is 2.34. The molecule has 0 nitrogen and oxygen atoms in total. The lowest BCUT2D eigenvalue weighted by molar-refractivity contribution is 1.19. The highest BCUT2D eigenvalue weighted by Gasteiger charge is 2.15. The molecular formula is C14H10Cl3. The highest BCUT2D eigenvalue weighted by atomic mass is 35.5. The standard InChI is InChI=1S/C14H10Cl3/c1-9(10-5-7-11(15)8-6-10)14-12(16)3-2-4-13(14)17/h2-8H,1H3. The molecule has 0 saturated heterocycles. The Morgan fingerprint density at radius 3 is 1.88 bits per heavy atom. The molecule has 3 heteroatoms. The summed E-state index contributed by atoms with van der Waals surface area (Å²) >= 11 is 18.2. The molecule has 0 aromatic heterocycles. The number of benzene rings is 2. The molecule has 0 heterocycles. The van der Waals surface area contributed by atoms with Crippen molar-refractivity contribution in [2.24, 2.45) is 0 Å². The smallest absolute Gasteiger partial charge is 0.0462 e. The Kier molecular flexibility index (Phi) is 3.98. The van der Waals surface area contributed by atoms with Gasteiger partial charge in [-0.2, -0.15) is 0 Å². The Bertz CT molecular complexity index is 497. The Morgan fingerprint density at radius 1 is 0.824 bits per heavy atom. The zero-order valence-corrected chi connectivity index (χ0v) is 11.4. The van der Waals surface area contributed by atoms with E-state index in [1.54, 1.807) is 0 Å². The first-order valence-electron chi connectivity index (χ1n) is 5.13. The molecule has 0 aliphatic carbocycles. The average Bonchev–Trinajstić information content (AvgIpc) is 2.29. The van der Waals surface area contributed by atoms with Gasteiger partial charge in [0.1, 0.15) is 0 Å². The highest BCUT2D eigenvalue weighted by molar-refractivity contribution is 6.36. The molecule has 2 rings (SSSR count). The zero-order valence-electron chi connectivity index (χ0n) is 9.18. The van der Waals surface area contributed by atoms with E-state index >= 15 is 0 Å². The summed E-state index contributed by atoms with van der Waals surface area (Å²) in [6.07, 6.45) is 0. The van der Waals surface area contributed by atoms with Crippen LogP contribution in [-0.4, -0.2) is 0 Å². The van der Waals surface area contributed by atoms with Crippen LogP contribution >= 0.6 is 34.8 Å². The van der Waals surface area contributed by atoms with E-state index in [1.165, 1.54) is 0 Å². The molecule has 2 aromatic carbocycles. The molecule has 0 bridgehead atoms. The second kappa shape index (κ2) is 5.30. The summed E-state index contributed by atoms with van der Waals surface area (Å²) in [7, 11) is 0. The van der Waals surface area contributed by atoms with Gasteiger partial charge in [0.2, 0.25) is 0 Å². The van der Waals surface area contributed by atoms with Gasteiger partial charge in [0, 0.05) is 26.5 Å². The maximum atomic E-state index is 6.17. The van der Waals surface area contributed by atoms with Gasteiger partial charge in [-0.1, -0.05) is 59.9 Å². The topological polar surface area (TPSA) is 0 Å². The van der Waals surface area contributed by atoms with Gasteiger partial charge in [-0.25, -0.2) is 0 Å². The van der Waals surface area contributed by atoms with E-state index < -0.39 is 0 Å². The van der Waals surface area contributed by atoms with Gasteiger partial charge in [-0.3, -0.25) is 0 Å². The van der Waals surface area contributed by atoms with Crippen LogP contribution in [0.4, 0.5) is 0 Å². The van der Waals surface area contributed by atoms with Crippen molar-refractivity contribution >= 4 is 34.8 Å². The Balaban J connectivity index is 2.43. The molecule has 0 amide bonds. The zero-order chi connectivity index (χ0) is 12.4. The van der Waals surface area contributed by atoms with Gasteiger partial charge in [0.25, 0.3) is 0 Å². The first-order chi connectivity index (χ1) is 8.09. The van der Waals surface area contributed by atoms with Crippen LogP contribution in [0.2, 0.25) is 15.1 Å². The van der Waals surface area contributed by atoms with Crippen LogP contribution < -0.4 is 0 Å². The molecule has 0 fully saturated rings. The van der Waals surface area contributed by atoms with Crippen molar-refractivity contribution in [3.8, 4) is 0 Å². The maximum Gasteiger partial charge on any atom is 0.0462 e. The van der Waals surface area contributed by atoms with E-state index in [1.807, 2.05) is 49.4 Å². The lowest BCUT2D eigenvalue weighted by atomic mass is 9.93. The van der Waals surface area contributed by atoms with Gasteiger partial charge < -0.3 is 0 Å². The van der Waals surface area contributed by atoms with Crippen molar-refractivity contribution in [1.82, 2.24) is 0 Å². The summed E-state index contributed by atoms with van der Waals surface area (Å²) in [6, 6.07) is 13.1. The quantitative estimate of drug-likeness (QED) is 0.669. The van der Waals surface area contributed by atoms with E-state index in [0.717, 1.165) is 17.0 Å². The van der Waals surface area contributed by atoms with Crippen LogP contribution in [0.25, 0.3) is 0 Å². The Hall–Kier alpha value is -0.690. The summed E-state index contributed by atoms with van der Waals surface area (Å²) in [4.78, 5) is 0. The molecule has 87 valence electrons. The fraction of sp³-hybridized carbons (Fsp3) is 0.0714. The van der Waals surface area contributed by atoms with E-state index in [0.29, 0.717) is 15.1 Å². The van der Waals surface area contributed by atoms with Gasteiger partial charge in [-0.05, 0) is 29.8 Å². The number of hydrogen-bond donors (Lipinski definition) is 0. The van der Waals surface area contributed by atoms with Crippen LogP contribution in [0.5, 0.6) is 0 Å². The van der Waals surface area contributed by atoms with Crippen molar-refractivity contribution in [2.45, 2.75) is 6.92 Å². The van der Waals surface area contributed by atoms with Gasteiger partial charge in [-0.15, -0.1) is 0 Å². The summed E-state index contributed by atoms with van der Waals surface area (Å²) < 4.78 is 0. The van der Waals surface area contributed by atoms with E-state index in [4.69, 9.17) is 34.8 Å². The van der Waals surface area contributed by atoms with Crippen molar-refractivity contribution in [3.05, 3.63) is 74.6 Å². The molecule has 0 atom stereocenters. The third kappa shape index (κ3) is 2.77. The largest absolute Gasteiger partial charge is 0.0843 e. The number of hydrogen-bond acceptors (Lipinski definition) is 0. The molecule has 17 heavy (non-hydrogen) atoms. The molecule has 0 unspecified atom stereocenters. The van der Waals surface area contributed by atoms with Gasteiger partial charge in [0.05, 0.1) is 0 Å². The lowest BCUT2D eigenvalue weighted by Crippen LogP contribution is -1.99. The van der Waals surface area contributed by atoms with Crippen LogP contribution in [0.15, 0.2) is 42.5 Å². The van der Waals surface area contributed by atoms with Crippen molar-refractivity contribution in [3.63, 3.8) is 0 Å². The minimum atomic E-state index is 0.657. The fourth-order valence-electron chi connectivity index (χ4n) is 1.70. The van der Waals surface area contributed by atoms with E-state index in [-0.39, 0.29) is 0 Å². The second-order valence-electron chi connectivity index (χ2n) is 3.73. The van der Waals surface area contributed by atoms with Crippen molar-refractivity contribution < 1.29 is 0 Å². The summed E-state index contributed by atoms with van der Waals surface area (Å²) in [5.74, 6) is 1.04. The van der Waals surface area contributed by atoms with Gasteiger partial charge in [0.15, 0.2) is 0 Å². The molecule has 0 N–H and O–H groups in total. The molecular weight excluding hydrogens is 275 g/mol. The Morgan fingerprint density at radius 2 is 1.35 bits per heavy atom. The normalized spacial score (nSPS) is 10.9. The first kappa shape index (κ1) is 12.8. The second-order valence-corrected chi connectivity index (χ2v) is 4.98. The first-order valence-corrected chi connectivity index (χ1v) is 6.27. The third-order valence-corrected chi connectivity index (χ3v) is 3.50. The lowest BCUT2D eigenvalue weighted by Gasteiger charge is -2.15. The van der Waals surface area contributed by atoms with Crippen LogP contribution in [0.3, 0.4) is 0 Å². The number of halogens is 3. The third-order valence-electron chi connectivity index (χ3n) is 2.61. The average molecular weight is 285 g/mol. The Labute approximate surface area is 116 Å². The van der Waals surface area contributed by atoms with E-state index in [2.05, 4.69) is 0 Å².